The van der Waals surface area contributed by atoms with Crippen molar-refractivity contribution in [2.24, 2.45) is 0 Å². The number of aromatic nitrogens is 3. The maximum Gasteiger partial charge on any atom is 0.223 e. The van der Waals surface area contributed by atoms with E-state index in [1.54, 1.807) is 18.5 Å². The lowest BCUT2D eigenvalue weighted by molar-refractivity contribution is 0.584. The molecule has 0 aliphatic rings. The van der Waals surface area contributed by atoms with Crippen LogP contribution in [0.1, 0.15) is 5.69 Å². The summed E-state index contributed by atoms with van der Waals surface area (Å²) in [5.74, 6) is -0.675. The molecule has 2 aromatic carbocycles. The predicted molar refractivity (Wildman–Crippen MR) is 101 cm³/mol. The van der Waals surface area contributed by atoms with Gasteiger partial charge in [0.05, 0.1) is 5.52 Å². The Morgan fingerprint density at radius 1 is 0.852 bits per heavy atom. The minimum atomic E-state index is -0.603. The van der Waals surface area contributed by atoms with Gasteiger partial charge in [-0.2, -0.15) is 0 Å². The van der Waals surface area contributed by atoms with E-state index in [9.17, 15) is 8.78 Å². The molecule has 6 heteroatoms. The van der Waals surface area contributed by atoms with Gasteiger partial charge in [0.25, 0.3) is 0 Å². The second-order valence-corrected chi connectivity index (χ2v) is 6.12. The zero-order valence-electron chi connectivity index (χ0n) is 14.4. The number of benzene rings is 2. The fourth-order valence-electron chi connectivity index (χ4n) is 2.87. The molecule has 0 bridgehead atoms. The molecular weight excluding hydrogens is 346 g/mol. The molecule has 2 heterocycles. The Labute approximate surface area is 154 Å². The third kappa shape index (κ3) is 4.06. The van der Waals surface area contributed by atoms with Crippen LogP contribution in [0.25, 0.3) is 22.0 Å². The van der Waals surface area contributed by atoms with E-state index in [0.717, 1.165) is 29.1 Å². The molecule has 0 saturated heterocycles. The van der Waals surface area contributed by atoms with Crippen molar-refractivity contribution in [1.29, 1.82) is 0 Å². The quantitative estimate of drug-likeness (QED) is 0.563. The fraction of sp³-hybridized carbons (Fsp3) is 0.0952. The molecule has 0 saturated carbocycles. The molecule has 0 radical (unpaired) electrons. The van der Waals surface area contributed by atoms with Crippen LogP contribution in [-0.4, -0.2) is 21.5 Å². The van der Waals surface area contributed by atoms with Gasteiger partial charge in [-0.1, -0.05) is 12.1 Å². The van der Waals surface area contributed by atoms with E-state index in [0.29, 0.717) is 23.6 Å². The van der Waals surface area contributed by atoms with Crippen LogP contribution in [0.4, 0.5) is 14.7 Å². The van der Waals surface area contributed by atoms with Gasteiger partial charge in [-0.05, 0) is 47.5 Å². The van der Waals surface area contributed by atoms with Gasteiger partial charge in [0.15, 0.2) is 0 Å². The van der Waals surface area contributed by atoms with Gasteiger partial charge in [-0.3, -0.25) is 4.98 Å². The molecule has 0 aliphatic carbocycles. The maximum atomic E-state index is 13.4. The first kappa shape index (κ1) is 17.0. The Morgan fingerprint density at radius 3 is 2.48 bits per heavy atom. The first-order valence-corrected chi connectivity index (χ1v) is 8.54. The highest BCUT2D eigenvalue weighted by molar-refractivity contribution is 5.84. The molecule has 0 unspecified atom stereocenters. The van der Waals surface area contributed by atoms with Crippen LogP contribution in [0.15, 0.2) is 67.0 Å². The van der Waals surface area contributed by atoms with E-state index >= 15 is 0 Å². The van der Waals surface area contributed by atoms with Gasteiger partial charge in [0.1, 0.15) is 11.6 Å². The fourth-order valence-corrected chi connectivity index (χ4v) is 2.87. The van der Waals surface area contributed by atoms with E-state index in [4.69, 9.17) is 0 Å². The largest absolute Gasteiger partial charge is 0.354 e. The predicted octanol–water partition coefficient (Wildman–Crippen LogP) is 4.62. The van der Waals surface area contributed by atoms with Crippen molar-refractivity contribution >= 4 is 16.9 Å². The second kappa shape index (κ2) is 7.45. The second-order valence-electron chi connectivity index (χ2n) is 6.12. The highest BCUT2D eigenvalue weighted by atomic mass is 19.1. The highest BCUT2D eigenvalue weighted by Crippen LogP contribution is 2.25. The van der Waals surface area contributed by atoms with Gasteiger partial charge >= 0.3 is 0 Å². The van der Waals surface area contributed by atoms with E-state index < -0.39 is 11.6 Å². The summed E-state index contributed by atoms with van der Waals surface area (Å²) in [6.45, 7) is 0.670. The molecule has 0 fully saturated rings. The Bertz CT molecular complexity index is 1060. The van der Waals surface area contributed by atoms with Crippen LogP contribution < -0.4 is 5.32 Å². The first-order chi connectivity index (χ1) is 13.2. The molecule has 2 aromatic heterocycles. The standard InChI is InChI=1S/C21H16F2N4/c22-17-10-15(11-18(23)12-17)14-4-5-20-16(9-14)13-26-21(27-20)25-8-6-19-3-1-2-7-24-19/h1-5,7,9-13H,6,8H2,(H,25,26,27). The molecule has 4 rings (SSSR count). The molecule has 27 heavy (non-hydrogen) atoms. The lowest BCUT2D eigenvalue weighted by Gasteiger charge is -2.07. The van der Waals surface area contributed by atoms with Crippen molar-refractivity contribution in [2.75, 3.05) is 11.9 Å². The molecule has 0 aliphatic heterocycles. The summed E-state index contributed by atoms with van der Waals surface area (Å²) in [6, 6.07) is 14.7. The monoisotopic (exact) mass is 362 g/mol. The molecule has 1 N–H and O–H groups in total. The number of pyridine rings is 1. The normalized spacial score (nSPS) is 10.9. The van der Waals surface area contributed by atoms with E-state index in [1.807, 2.05) is 30.3 Å². The number of anilines is 1. The number of nitrogens with zero attached hydrogens (tertiary/aromatic N) is 3. The van der Waals surface area contributed by atoms with Crippen LogP contribution in [0.5, 0.6) is 0 Å². The van der Waals surface area contributed by atoms with E-state index in [2.05, 4.69) is 20.3 Å². The van der Waals surface area contributed by atoms with Crippen molar-refractivity contribution in [3.63, 3.8) is 0 Å². The lowest BCUT2D eigenvalue weighted by atomic mass is 10.0. The summed E-state index contributed by atoms with van der Waals surface area (Å²) in [5, 5.41) is 3.98. The molecule has 0 atom stereocenters. The minimum absolute atomic E-state index is 0.479. The van der Waals surface area contributed by atoms with E-state index in [-0.39, 0.29) is 0 Å². The number of fused-ring (bicyclic) bond motifs is 1. The van der Waals surface area contributed by atoms with Crippen molar-refractivity contribution < 1.29 is 8.78 Å². The number of nitrogens with one attached hydrogen (secondary N) is 1. The Hall–Kier alpha value is -3.41. The smallest absolute Gasteiger partial charge is 0.223 e. The highest BCUT2D eigenvalue weighted by Gasteiger charge is 2.06. The average molecular weight is 362 g/mol. The van der Waals surface area contributed by atoms with Gasteiger partial charge in [0.2, 0.25) is 5.95 Å². The van der Waals surface area contributed by atoms with Gasteiger partial charge in [-0.15, -0.1) is 0 Å². The molecule has 4 aromatic rings. The molecule has 134 valence electrons. The molecule has 0 spiro atoms. The van der Waals surface area contributed by atoms with Crippen molar-refractivity contribution in [3.05, 3.63) is 84.3 Å². The topological polar surface area (TPSA) is 50.7 Å². The van der Waals surface area contributed by atoms with Crippen molar-refractivity contribution in [2.45, 2.75) is 6.42 Å². The van der Waals surface area contributed by atoms with Gasteiger partial charge < -0.3 is 5.32 Å². The average Bonchev–Trinajstić information content (AvgIpc) is 2.67. The van der Waals surface area contributed by atoms with Crippen LogP contribution in [-0.2, 0) is 6.42 Å². The molecular formula is C21H16F2N4. The summed E-state index contributed by atoms with van der Waals surface area (Å²) >= 11 is 0. The maximum absolute atomic E-state index is 13.4. The van der Waals surface area contributed by atoms with Crippen molar-refractivity contribution in [3.8, 4) is 11.1 Å². The van der Waals surface area contributed by atoms with Gasteiger partial charge in [-0.25, -0.2) is 18.7 Å². The SMILES string of the molecule is Fc1cc(F)cc(-c2ccc3nc(NCCc4ccccn4)ncc3c2)c1. The van der Waals surface area contributed by atoms with Crippen LogP contribution >= 0.6 is 0 Å². The Balaban J connectivity index is 1.51. The Kier molecular flexibility index (Phi) is 4.70. The van der Waals surface area contributed by atoms with Crippen LogP contribution in [0.3, 0.4) is 0 Å². The Morgan fingerprint density at radius 2 is 1.70 bits per heavy atom. The van der Waals surface area contributed by atoms with Crippen molar-refractivity contribution in [1.82, 2.24) is 15.0 Å². The summed E-state index contributed by atoms with van der Waals surface area (Å²) in [5.41, 5.74) is 2.94. The number of rotatable bonds is 5. The summed E-state index contributed by atoms with van der Waals surface area (Å²) < 4.78 is 26.9. The lowest BCUT2D eigenvalue weighted by Crippen LogP contribution is -2.08. The third-order valence-corrected chi connectivity index (χ3v) is 4.17. The van der Waals surface area contributed by atoms with E-state index in [1.165, 1.54) is 12.1 Å². The minimum Gasteiger partial charge on any atom is -0.354 e. The first-order valence-electron chi connectivity index (χ1n) is 8.54. The number of hydrogen-bond acceptors (Lipinski definition) is 4. The zero-order valence-corrected chi connectivity index (χ0v) is 14.4. The summed E-state index contributed by atoms with van der Waals surface area (Å²) in [4.78, 5) is 13.1. The van der Waals surface area contributed by atoms with Crippen LogP contribution in [0.2, 0.25) is 0 Å². The number of halogens is 2. The molecule has 0 amide bonds. The number of hydrogen-bond donors (Lipinski definition) is 1. The molecule has 4 nitrogen and oxygen atoms in total. The third-order valence-electron chi connectivity index (χ3n) is 4.17. The summed E-state index contributed by atoms with van der Waals surface area (Å²) in [6.07, 6.45) is 4.24. The van der Waals surface area contributed by atoms with Gasteiger partial charge in [0, 0.05) is 42.5 Å². The zero-order chi connectivity index (χ0) is 18.6. The van der Waals surface area contributed by atoms with Crippen LogP contribution in [0, 0.1) is 11.6 Å². The summed E-state index contributed by atoms with van der Waals surface area (Å²) in [7, 11) is 0.